The summed E-state index contributed by atoms with van der Waals surface area (Å²) in [6.45, 7) is 3.56. The van der Waals surface area contributed by atoms with Crippen molar-refractivity contribution in [1.29, 1.82) is 0 Å². The Morgan fingerprint density at radius 3 is 2.79 bits per heavy atom. The summed E-state index contributed by atoms with van der Waals surface area (Å²) < 4.78 is 0. The average Bonchev–Trinajstić information content (AvgIpc) is 2.12. The standard InChI is InChI=1S/C11H12Cl2O/c1-2-3-10(14)7-8-6-9(12)4-5-11(8)13/h2,4-6,10,14H,1,3,7H2. The Morgan fingerprint density at radius 2 is 2.14 bits per heavy atom. The smallest absolute Gasteiger partial charge is 0.0615 e. The van der Waals surface area contributed by atoms with E-state index in [2.05, 4.69) is 6.58 Å². The lowest BCUT2D eigenvalue weighted by atomic mass is 10.1. The van der Waals surface area contributed by atoms with Gasteiger partial charge in [-0.25, -0.2) is 0 Å². The van der Waals surface area contributed by atoms with E-state index < -0.39 is 6.10 Å². The molecule has 1 nitrogen and oxygen atoms in total. The third-order valence-electron chi connectivity index (χ3n) is 1.90. The molecule has 1 N–H and O–H groups in total. The van der Waals surface area contributed by atoms with Crippen molar-refractivity contribution in [3.8, 4) is 0 Å². The lowest BCUT2D eigenvalue weighted by Gasteiger charge is -2.09. The lowest BCUT2D eigenvalue weighted by molar-refractivity contribution is 0.178. The lowest BCUT2D eigenvalue weighted by Crippen LogP contribution is -2.09. The van der Waals surface area contributed by atoms with Crippen LogP contribution < -0.4 is 0 Å². The number of rotatable bonds is 4. The van der Waals surface area contributed by atoms with Gasteiger partial charge in [0, 0.05) is 16.5 Å². The molecule has 0 radical (unpaired) electrons. The molecule has 0 aromatic heterocycles. The summed E-state index contributed by atoms with van der Waals surface area (Å²) in [5.41, 5.74) is 0.869. The van der Waals surface area contributed by atoms with Crippen LogP contribution in [0.4, 0.5) is 0 Å². The molecule has 0 heterocycles. The van der Waals surface area contributed by atoms with Gasteiger partial charge in [0.1, 0.15) is 0 Å². The monoisotopic (exact) mass is 230 g/mol. The van der Waals surface area contributed by atoms with E-state index >= 15 is 0 Å². The van der Waals surface area contributed by atoms with Crippen molar-refractivity contribution in [3.63, 3.8) is 0 Å². The van der Waals surface area contributed by atoms with Crippen LogP contribution in [-0.2, 0) is 6.42 Å². The zero-order valence-corrected chi connectivity index (χ0v) is 9.22. The molecule has 0 aliphatic rings. The molecule has 1 unspecified atom stereocenters. The van der Waals surface area contributed by atoms with Crippen molar-refractivity contribution in [3.05, 3.63) is 46.5 Å². The molecule has 0 aliphatic carbocycles. The molecule has 0 aliphatic heterocycles. The van der Waals surface area contributed by atoms with Gasteiger partial charge in [-0.2, -0.15) is 0 Å². The minimum Gasteiger partial charge on any atom is -0.392 e. The number of hydrogen-bond acceptors (Lipinski definition) is 1. The van der Waals surface area contributed by atoms with E-state index in [4.69, 9.17) is 23.2 Å². The van der Waals surface area contributed by atoms with E-state index in [1.807, 2.05) is 0 Å². The van der Waals surface area contributed by atoms with Crippen LogP contribution in [-0.4, -0.2) is 11.2 Å². The number of benzene rings is 1. The molecule has 76 valence electrons. The van der Waals surface area contributed by atoms with Gasteiger partial charge in [-0.1, -0.05) is 29.3 Å². The maximum absolute atomic E-state index is 9.54. The molecule has 1 rings (SSSR count). The molecule has 0 fully saturated rings. The molecule has 0 bridgehead atoms. The molecule has 14 heavy (non-hydrogen) atoms. The van der Waals surface area contributed by atoms with Gasteiger partial charge in [0.25, 0.3) is 0 Å². The van der Waals surface area contributed by atoms with Crippen molar-refractivity contribution in [2.24, 2.45) is 0 Å². The van der Waals surface area contributed by atoms with Crippen LogP contribution in [0.25, 0.3) is 0 Å². The third kappa shape index (κ3) is 3.33. The summed E-state index contributed by atoms with van der Waals surface area (Å²) in [4.78, 5) is 0. The van der Waals surface area contributed by atoms with Crippen LogP contribution in [0, 0.1) is 0 Å². The largest absolute Gasteiger partial charge is 0.392 e. The summed E-state index contributed by atoms with van der Waals surface area (Å²) >= 11 is 11.8. The van der Waals surface area contributed by atoms with Crippen molar-refractivity contribution in [1.82, 2.24) is 0 Å². The molecule has 0 spiro atoms. The molecule has 1 aromatic rings. The molecule has 1 atom stereocenters. The highest BCUT2D eigenvalue weighted by molar-refractivity contribution is 6.33. The molecule has 0 saturated heterocycles. The Kier molecular flexibility index (Phi) is 4.46. The highest BCUT2D eigenvalue weighted by Crippen LogP contribution is 2.22. The van der Waals surface area contributed by atoms with Gasteiger partial charge in [0.2, 0.25) is 0 Å². The first-order chi connectivity index (χ1) is 6.63. The average molecular weight is 231 g/mol. The first kappa shape index (κ1) is 11.6. The topological polar surface area (TPSA) is 20.2 Å². The molecule has 1 aromatic carbocycles. The van der Waals surface area contributed by atoms with Gasteiger partial charge >= 0.3 is 0 Å². The van der Waals surface area contributed by atoms with E-state index in [9.17, 15) is 5.11 Å². The Bertz CT molecular complexity index is 323. The van der Waals surface area contributed by atoms with Gasteiger partial charge in [-0.15, -0.1) is 6.58 Å². The van der Waals surface area contributed by atoms with E-state index in [1.165, 1.54) is 0 Å². The Balaban J connectivity index is 2.74. The predicted octanol–water partition coefficient (Wildman–Crippen LogP) is 3.47. The highest BCUT2D eigenvalue weighted by Gasteiger charge is 2.07. The summed E-state index contributed by atoms with van der Waals surface area (Å²) in [6, 6.07) is 5.24. The van der Waals surface area contributed by atoms with E-state index in [-0.39, 0.29) is 0 Å². The maximum Gasteiger partial charge on any atom is 0.0615 e. The van der Waals surface area contributed by atoms with Gasteiger partial charge in [0.05, 0.1) is 6.10 Å². The Morgan fingerprint density at radius 1 is 1.43 bits per heavy atom. The minimum absolute atomic E-state index is 0.441. The second kappa shape index (κ2) is 5.40. The van der Waals surface area contributed by atoms with Crippen molar-refractivity contribution >= 4 is 23.2 Å². The van der Waals surface area contributed by atoms with Gasteiger partial charge in [-0.3, -0.25) is 0 Å². The number of aliphatic hydroxyl groups excluding tert-OH is 1. The Labute approximate surface area is 94.0 Å². The van der Waals surface area contributed by atoms with Crippen LogP contribution in [0.5, 0.6) is 0 Å². The van der Waals surface area contributed by atoms with Crippen LogP contribution in [0.3, 0.4) is 0 Å². The van der Waals surface area contributed by atoms with E-state index in [0.29, 0.717) is 22.9 Å². The van der Waals surface area contributed by atoms with Crippen LogP contribution in [0.15, 0.2) is 30.9 Å². The van der Waals surface area contributed by atoms with Crippen LogP contribution in [0.1, 0.15) is 12.0 Å². The molecule has 3 heteroatoms. The summed E-state index contributed by atoms with van der Waals surface area (Å²) in [5, 5.41) is 10.8. The normalized spacial score (nSPS) is 12.5. The predicted molar refractivity (Wildman–Crippen MR) is 61.0 cm³/mol. The Hall–Kier alpha value is -0.500. The van der Waals surface area contributed by atoms with Crippen molar-refractivity contribution in [2.45, 2.75) is 18.9 Å². The van der Waals surface area contributed by atoms with Gasteiger partial charge < -0.3 is 5.11 Å². The molecule has 0 amide bonds. The fourth-order valence-corrected chi connectivity index (χ4v) is 1.62. The zero-order valence-electron chi connectivity index (χ0n) is 7.71. The van der Waals surface area contributed by atoms with Crippen LogP contribution in [0.2, 0.25) is 10.0 Å². The zero-order chi connectivity index (χ0) is 10.6. The number of aliphatic hydroxyl groups is 1. The van der Waals surface area contributed by atoms with Crippen LogP contribution >= 0.6 is 23.2 Å². The van der Waals surface area contributed by atoms with E-state index in [1.54, 1.807) is 24.3 Å². The van der Waals surface area contributed by atoms with E-state index in [0.717, 1.165) is 5.56 Å². The van der Waals surface area contributed by atoms with Crippen molar-refractivity contribution < 1.29 is 5.11 Å². The van der Waals surface area contributed by atoms with Crippen molar-refractivity contribution in [2.75, 3.05) is 0 Å². The third-order valence-corrected chi connectivity index (χ3v) is 2.51. The number of halogens is 2. The molecular formula is C11H12Cl2O. The van der Waals surface area contributed by atoms with Gasteiger partial charge in [-0.05, 0) is 30.2 Å². The first-order valence-electron chi connectivity index (χ1n) is 4.36. The fourth-order valence-electron chi connectivity index (χ4n) is 1.23. The minimum atomic E-state index is -0.441. The summed E-state index contributed by atoms with van der Waals surface area (Å²) in [5.74, 6) is 0. The SMILES string of the molecule is C=CCC(O)Cc1cc(Cl)ccc1Cl. The maximum atomic E-state index is 9.54. The highest BCUT2D eigenvalue weighted by atomic mass is 35.5. The number of hydrogen-bond donors (Lipinski definition) is 1. The summed E-state index contributed by atoms with van der Waals surface area (Å²) in [6.07, 6.45) is 2.31. The second-order valence-corrected chi connectivity index (χ2v) is 3.96. The molecule has 0 saturated carbocycles. The fraction of sp³-hybridized carbons (Fsp3) is 0.273. The van der Waals surface area contributed by atoms with Gasteiger partial charge in [0.15, 0.2) is 0 Å². The summed E-state index contributed by atoms with van der Waals surface area (Å²) in [7, 11) is 0. The quantitative estimate of drug-likeness (QED) is 0.786. The molecular weight excluding hydrogens is 219 g/mol. The first-order valence-corrected chi connectivity index (χ1v) is 5.12. The second-order valence-electron chi connectivity index (χ2n) is 3.12.